The summed E-state index contributed by atoms with van der Waals surface area (Å²) in [5.74, 6) is 2.81. The minimum Gasteiger partial charge on any atom is -0.376 e. The molecule has 1 aromatic carbocycles. The van der Waals surface area contributed by atoms with Crippen molar-refractivity contribution in [3.63, 3.8) is 0 Å². The third-order valence-electron chi connectivity index (χ3n) is 1.97. The van der Waals surface area contributed by atoms with Gasteiger partial charge in [0.1, 0.15) is 10.2 Å². The van der Waals surface area contributed by atoms with Crippen LogP contribution in [0.5, 0.6) is 0 Å². The lowest BCUT2D eigenvalue weighted by Gasteiger charge is -2.05. The van der Waals surface area contributed by atoms with Gasteiger partial charge in [0.05, 0.1) is 21.7 Å². The van der Waals surface area contributed by atoms with Gasteiger partial charge in [-0.05, 0) is 28.2 Å². The summed E-state index contributed by atoms with van der Waals surface area (Å²) in [6, 6.07) is 4.98. The molecule has 0 bridgehead atoms. The predicted molar refractivity (Wildman–Crippen MR) is 73.6 cm³/mol. The first kappa shape index (κ1) is 14.1. The molecule has 0 fully saturated rings. The zero-order chi connectivity index (χ0) is 12.7. The number of benzene rings is 1. The normalized spacial score (nSPS) is 9.53. The van der Waals surface area contributed by atoms with Crippen molar-refractivity contribution in [3.8, 4) is 11.5 Å². The van der Waals surface area contributed by atoms with Crippen molar-refractivity contribution >= 4 is 38.5 Å². The molecule has 87 valence electrons. The molecule has 0 N–H and O–H groups in total. The van der Waals surface area contributed by atoms with E-state index in [1.807, 2.05) is 28.7 Å². The highest BCUT2D eigenvalue weighted by atomic mass is 127. The van der Waals surface area contributed by atoms with E-state index in [1.54, 1.807) is 6.07 Å². The van der Waals surface area contributed by atoms with Gasteiger partial charge in [0.15, 0.2) is 0 Å². The predicted octanol–water partition coefficient (Wildman–Crippen LogP) is 2.24. The van der Waals surface area contributed by atoms with Gasteiger partial charge in [0, 0.05) is 12.5 Å². The lowest BCUT2D eigenvalue weighted by molar-refractivity contribution is -0.385. The standard InChI is InChI=1S/C11H9INO3Si/c12-11-9(8-16-6-1-2-7-17)4-3-5-10(11)13(14)15/h3-5H,1,6,8H2. The first-order chi connectivity index (χ1) is 8.16. The fourth-order valence-electron chi connectivity index (χ4n) is 1.19. The molecule has 0 aliphatic carbocycles. The second-order valence-corrected chi connectivity index (χ2v) is 4.44. The van der Waals surface area contributed by atoms with Gasteiger partial charge in [-0.1, -0.05) is 12.1 Å². The second kappa shape index (κ2) is 7.42. The number of halogens is 1. The van der Waals surface area contributed by atoms with E-state index in [1.165, 1.54) is 6.07 Å². The number of nitro benzene ring substituents is 1. The van der Waals surface area contributed by atoms with Gasteiger partial charge in [-0.15, -0.1) is 11.5 Å². The van der Waals surface area contributed by atoms with Crippen molar-refractivity contribution in [2.45, 2.75) is 13.0 Å². The lowest BCUT2D eigenvalue weighted by Crippen LogP contribution is -2.00. The molecule has 6 heteroatoms. The van der Waals surface area contributed by atoms with E-state index in [-0.39, 0.29) is 10.6 Å². The van der Waals surface area contributed by atoms with Gasteiger partial charge in [-0.3, -0.25) is 10.1 Å². The van der Waals surface area contributed by atoms with Crippen molar-refractivity contribution in [2.75, 3.05) is 6.61 Å². The van der Waals surface area contributed by atoms with Crippen LogP contribution in [0.15, 0.2) is 18.2 Å². The number of hydrogen-bond donors (Lipinski definition) is 0. The Morgan fingerprint density at radius 3 is 2.94 bits per heavy atom. The van der Waals surface area contributed by atoms with Gasteiger partial charge in [-0.2, -0.15) is 0 Å². The van der Waals surface area contributed by atoms with Crippen molar-refractivity contribution in [1.82, 2.24) is 0 Å². The van der Waals surface area contributed by atoms with Crippen LogP contribution >= 0.6 is 22.6 Å². The molecule has 0 saturated heterocycles. The number of rotatable bonds is 5. The largest absolute Gasteiger partial charge is 0.376 e. The lowest BCUT2D eigenvalue weighted by atomic mass is 10.2. The van der Waals surface area contributed by atoms with E-state index in [4.69, 9.17) is 4.74 Å². The molecule has 3 radical (unpaired) electrons. The van der Waals surface area contributed by atoms with Crippen LogP contribution in [0.1, 0.15) is 12.0 Å². The monoisotopic (exact) mass is 358 g/mol. The van der Waals surface area contributed by atoms with E-state index >= 15 is 0 Å². The molecule has 0 unspecified atom stereocenters. The van der Waals surface area contributed by atoms with Crippen LogP contribution in [0, 0.1) is 25.1 Å². The number of ether oxygens (including phenoxy) is 1. The summed E-state index contributed by atoms with van der Waals surface area (Å²) in [5.41, 5.74) is 3.53. The Hall–Kier alpha value is -0.913. The maximum Gasteiger partial charge on any atom is 0.283 e. The van der Waals surface area contributed by atoms with Crippen LogP contribution < -0.4 is 0 Å². The summed E-state index contributed by atoms with van der Waals surface area (Å²) in [7, 11) is 3.04. The van der Waals surface area contributed by atoms with E-state index in [2.05, 4.69) is 21.7 Å². The van der Waals surface area contributed by atoms with Gasteiger partial charge in [0.2, 0.25) is 0 Å². The molecule has 1 aromatic rings. The summed E-state index contributed by atoms with van der Waals surface area (Å²) in [4.78, 5) is 10.3. The highest BCUT2D eigenvalue weighted by Gasteiger charge is 2.14. The minimum absolute atomic E-state index is 0.117. The summed E-state index contributed by atoms with van der Waals surface area (Å²) >= 11 is 1.97. The fraction of sp³-hybridized carbons (Fsp3) is 0.273. The Morgan fingerprint density at radius 1 is 1.53 bits per heavy atom. The Morgan fingerprint density at radius 2 is 2.29 bits per heavy atom. The van der Waals surface area contributed by atoms with E-state index in [0.29, 0.717) is 23.2 Å². The molecule has 1 rings (SSSR count). The molecule has 0 aliphatic heterocycles. The molecule has 0 amide bonds. The van der Waals surface area contributed by atoms with Crippen LogP contribution in [0.25, 0.3) is 0 Å². The number of hydrogen-bond acceptors (Lipinski definition) is 3. The maximum atomic E-state index is 10.7. The maximum absolute atomic E-state index is 10.7. The zero-order valence-corrected chi connectivity index (χ0v) is 12.1. The molecule has 0 atom stereocenters. The first-order valence-electron chi connectivity index (χ1n) is 4.81. The van der Waals surface area contributed by atoms with Crippen LogP contribution in [0.3, 0.4) is 0 Å². The van der Waals surface area contributed by atoms with Crippen molar-refractivity contribution < 1.29 is 9.66 Å². The topological polar surface area (TPSA) is 52.4 Å². The molecule has 0 aromatic heterocycles. The van der Waals surface area contributed by atoms with E-state index in [0.717, 1.165) is 5.56 Å². The molecular weight excluding hydrogens is 349 g/mol. The summed E-state index contributed by atoms with van der Waals surface area (Å²) in [5, 5.41) is 10.7. The van der Waals surface area contributed by atoms with Crippen LogP contribution in [0.2, 0.25) is 0 Å². The Balaban J connectivity index is 2.61. The molecular formula is C11H9INO3Si. The van der Waals surface area contributed by atoms with E-state index in [9.17, 15) is 10.1 Å². The average Bonchev–Trinajstić information content (AvgIpc) is 2.30. The summed E-state index contributed by atoms with van der Waals surface area (Å²) in [6.07, 6.45) is 0.634. The molecule has 17 heavy (non-hydrogen) atoms. The van der Waals surface area contributed by atoms with Crippen molar-refractivity contribution in [2.24, 2.45) is 0 Å². The Bertz CT molecular complexity index is 468. The minimum atomic E-state index is -0.388. The molecule has 0 saturated carbocycles. The summed E-state index contributed by atoms with van der Waals surface area (Å²) in [6.45, 7) is 0.875. The SMILES string of the molecule is O=[N+]([O-])c1cccc(COCCC#C[Si])c1I. The average molecular weight is 358 g/mol. The quantitative estimate of drug-likeness (QED) is 0.203. The van der Waals surface area contributed by atoms with Gasteiger partial charge in [0.25, 0.3) is 5.69 Å². The van der Waals surface area contributed by atoms with Crippen molar-refractivity contribution in [1.29, 1.82) is 0 Å². The molecule has 0 aliphatic rings. The molecule has 4 nitrogen and oxygen atoms in total. The highest BCUT2D eigenvalue weighted by Crippen LogP contribution is 2.24. The Kier molecular flexibility index (Phi) is 6.18. The summed E-state index contributed by atoms with van der Waals surface area (Å²) < 4.78 is 6.01. The number of nitro groups is 1. The molecule has 0 spiro atoms. The van der Waals surface area contributed by atoms with Gasteiger partial charge < -0.3 is 4.74 Å². The zero-order valence-electron chi connectivity index (χ0n) is 8.90. The highest BCUT2D eigenvalue weighted by molar-refractivity contribution is 14.1. The molecule has 0 heterocycles. The van der Waals surface area contributed by atoms with E-state index < -0.39 is 0 Å². The fourth-order valence-corrected chi connectivity index (χ4v) is 2.02. The van der Waals surface area contributed by atoms with Gasteiger partial charge in [-0.25, -0.2) is 0 Å². The second-order valence-electron chi connectivity index (χ2n) is 3.11. The third kappa shape index (κ3) is 4.45. The Labute approximate surface area is 116 Å². The van der Waals surface area contributed by atoms with Crippen LogP contribution in [-0.2, 0) is 11.3 Å². The van der Waals surface area contributed by atoms with Crippen LogP contribution in [0.4, 0.5) is 5.69 Å². The van der Waals surface area contributed by atoms with Crippen LogP contribution in [-0.4, -0.2) is 21.8 Å². The van der Waals surface area contributed by atoms with Crippen molar-refractivity contribution in [3.05, 3.63) is 37.4 Å². The number of nitrogens with zero attached hydrogens (tertiary/aromatic N) is 1. The van der Waals surface area contributed by atoms with Gasteiger partial charge >= 0.3 is 0 Å². The third-order valence-corrected chi connectivity index (χ3v) is 3.39. The smallest absolute Gasteiger partial charge is 0.283 e. The first-order valence-corrected chi connectivity index (χ1v) is 6.38.